The van der Waals surface area contributed by atoms with Gasteiger partial charge in [0.2, 0.25) is 0 Å². The van der Waals surface area contributed by atoms with Crippen LogP contribution in [0.2, 0.25) is 0 Å². The molecule has 0 N–H and O–H groups in total. The average molecular weight is 613 g/mol. The highest BCUT2D eigenvalue weighted by Gasteiger charge is 2.46. The lowest BCUT2D eigenvalue weighted by atomic mass is 9.80. The molecular weight excluding hydrogens is 570 g/mol. The summed E-state index contributed by atoms with van der Waals surface area (Å²) in [5, 5.41) is 0. The van der Waals surface area contributed by atoms with Crippen molar-refractivity contribution in [3.8, 4) is 11.1 Å². The number of hydrogen-bond acceptors (Lipinski definition) is 3. The summed E-state index contributed by atoms with van der Waals surface area (Å²) in [6.07, 6.45) is 4.53. The lowest BCUT2D eigenvalue weighted by Gasteiger charge is -2.40. The topological polar surface area (TPSA) is 27.7 Å². The van der Waals surface area contributed by atoms with Gasteiger partial charge in [0.1, 0.15) is 5.82 Å². The molecule has 2 aromatic carbocycles. The zero-order valence-electron chi connectivity index (χ0n) is 24.7. The third kappa shape index (κ3) is 7.95. The van der Waals surface area contributed by atoms with Gasteiger partial charge in [-0.25, -0.2) is 17.6 Å². The Labute approximate surface area is 250 Å². The highest BCUT2D eigenvalue weighted by Crippen LogP contribution is 2.44. The third-order valence-electron chi connectivity index (χ3n) is 9.60. The van der Waals surface area contributed by atoms with Crippen molar-refractivity contribution >= 4 is 0 Å². The zero-order valence-corrected chi connectivity index (χ0v) is 24.7. The van der Waals surface area contributed by atoms with Crippen LogP contribution in [0.25, 0.3) is 11.1 Å². The number of unbranched alkanes of at least 4 members (excludes halogenated alkanes) is 2. The maximum absolute atomic E-state index is 15.2. The van der Waals surface area contributed by atoms with Gasteiger partial charge in [-0.15, -0.1) is 0 Å². The van der Waals surface area contributed by atoms with Crippen molar-refractivity contribution < 1.29 is 40.6 Å². The van der Waals surface area contributed by atoms with Gasteiger partial charge in [-0.05, 0) is 93.0 Å². The van der Waals surface area contributed by atoms with E-state index in [0.717, 1.165) is 18.6 Å². The van der Waals surface area contributed by atoms with Gasteiger partial charge in [0.25, 0.3) is 0 Å². The molecule has 2 saturated carbocycles. The first kappa shape index (κ1) is 32.3. The predicted octanol–water partition coefficient (Wildman–Crippen LogP) is 9.92. The van der Waals surface area contributed by atoms with Crippen LogP contribution >= 0.6 is 0 Å². The Morgan fingerprint density at radius 2 is 1.44 bits per heavy atom. The van der Waals surface area contributed by atoms with Crippen LogP contribution < -0.4 is 0 Å². The van der Waals surface area contributed by atoms with Crippen molar-refractivity contribution in [3.05, 3.63) is 59.2 Å². The van der Waals surface area contributed by atoms with Crippen molar-refractivity contribution in [2.24, 2.45) is 17.8 Å². The van der Waals surface area contributed by atoms with E-state index >= 15 is 8.78 Å². The van der Waals surface area contributed by atoms with E-state index in [1.54, 1.807) is 6.07 Å². The van der Waals surface area contributed by atoms with Crippen LogP contribution in [-0.4, -0.2) is 31.7 Å². The monoisotopic (exact) mass is 612 g/mol. The largest absolute Gasteiger partial charge is 0.358 e. The van der Waals surface area contributed by atoms with Crippen LogP contribution in [0.5, 0.6) is 0 Å². The van der Waals surface area contributed by atoms with E-state index < -0.39 is 41.4 Å². The summed E-state index contributed by atoms with van der Waals surface area (Å²) in [6.45, 7) is 3.55. The number of halogens is 6. The summed E-state index contributed by atoms with van der Waals surface area (Å²) in [5.74, 6) is -5.40. The SMILES string of the molecule is CCCCCC1COC(C2CCC(C(F)(F)OC3CCC(c4ccc(-c5cc(F)c(F)c(F)c5)c(F)c4)CC3)CC2)OC1. The van der Waals surface area contributed by atoms with Crippen LogP contribution in [-0.2, 0) is 14.2 Å². The average Bonchev–Trinajstić information content (AvgIpc) is 3.00. The highest BCUT2D eigenvalue weighted by atomic mass is 19.3. The number of alkyl halides is 2. The molecule has 5 rings (SSSR count). The maximum Gasteiger partial charge on any atom is 0.358 e. The van der Waals surface area contributed by atoms with Crippen molar-refractivity contribution in [1.29, 1.82) is 0 Å². The first-order chi connectivity index (χ1) is 20.6. The fourth-order valence-electron chi connectivity index (χ4n) is 6.97. The van der Waals surface area contributed by atoms with Gasteiger partial charge < -0.3 is 14.2 Å². The van der Waals surface area contributed by atoms with Crippen molar-refractivity contribution in [2.75, 3.05) is 13.2 Å². The van der Waals surface area contributed by atoms with E-state index in [9.17, 15) is 17.6 Å². The molecule has 0 unspecified atom stereocenters. The molecule has 9 heteroatoms. The van der Waals surface area contributed by atoms with E-state index in [1.165, 1.54) is 31.4 Å². The summed E-state index contributed by atoms with van der Waals surface area (Å²) < 4.78 is 103. The second kappa shape index (κ2) is 14.3. The Kier molecular flexibility index (Phi) is 10.8. The Balaban J connectivity index is 1.07. The molecule has 0 bridgehead atoms. The first-order valence-corrected chi connectivity index (χ1v) is 15.9. The molecule has 2 aromatic rings. The fourth-order valence-corrected chi connectivity index (χ4v) is 6.97. The summed E-state index contributed by atoms with van der Waals surface area (Å²) in [5.41, 5.74) is 0.549. The molecular formula is C34H42F6O3. The van der Waals surface area contributed by atoms with E-state index in [0.29, 0.717) is 76.1 Å². The molecule has 2 aliphatic carbocycles. The second-order valence-electron chi connectivity index (χ2n) is 12.7. The Bertz CT molecular complexity index is 1180. The molecule has 1 heterocycles. The normalized spacial score (nSPS) is 28.6. The molecule has 1 saturated heterocycles. The van der Waals surface area contributed by atoms with E-state index in [4.69, 9.17) is 14.2 Å². The van der Waals surface area contributed by atoms with Gasteiger partial charge >= 0.3 is 6.11 Å². The number of rotatable bonds is 10. The summed E-state index contributed by atoms with van der Waals surface area (Å²) in [7, 11) is 0. The lowest BCUT2D eigenvalue weighted by molar-refractivity contribution is -0.305. The second-order valence-corrected chi connectivity index (χ2v) is 12.7. The molecule has 0 radical (unpaired) electrons. The minimum atomic E-state index is -3.21. The lowest BCUT2D eigenvalue weighted by Crippen LogP contribution is -2.42. The van der Waals surface area contributed by atoms with Crippen molar-refractivity contribution in [2.45, 2.75) is 108 Å². The molecule has 3 nitrogen and oxygen atoms in total. The molecule has 0 atom stereocenters. The van der Waals surface area contributed by atoms with Crippen LogP contribution in [0, 0.1) is 41.0 Å². The Morgan fingerprint density at radius 1 is 0.791 bits per heavy atom. The van der Waals surface area contributed by atoms with Gasteiger partial charge in [0, 0.05) is 17.4 Å². The molecule has 3 aliphatic rings. The first-order valence-electron chi connectivity index (χ1n) is 15.9. The standard InChI is InChI=1S/C34H42F6O3/c1-2-3-4-5-21-19-41-33(42-20-21)23-6-11-26(12-7-23)34(39,40)43-27-13-8-22(9-14-27)24-10-15-28(29(35)16-24)25-17-30(36)32(38)31(37)18-25/h10,15-18,21-23,26-27,33H,2-9,11-14,19-20H2,1H3. The van der Waals surface area contributed by atoms with Gasteiger partial charge in [0.15, 0.2) is 23.7 Å². The van der Waals surface area contributed by atoms with Crippen molar-refractivity contribution in [1.82, 2.24) is 0 Å². The minimum absolute atomic E-state index is 0.0406. The Hall–Kier alpha value is -2.10. The molecule has 238 valence electrons. The zero-order chi connectivity index (χ0) is 30.6. The quantitative estimate of drug-likeness (QED) is 0.152. The molecule has 43 heavy (non-hydrogen) atoms. The molecule has 1 aliphatic heterocycles. The maximum atomic E-state index is 15.2. The number of benzene rings is 2. The fraction of sp³-hybridized carbons (Fsp3) is 0.647. The van der Waals surface area contributed by atoms with Gasteiger partial charge in [-0.2, -0.15) is 8.78 Å². The minimum Gasteiger partial charge on any atom is -0.352 e. The van der Waals surface area contributed by atoms with Gasteiger partial charge in [-0.1, -0.05) is 38.3 Å². The van der Waals surface area contributed by atoms with Gasteiger partial charge in [0.05, 0.1) is 25.2 Å². The van der Waals surface area contributed by atoms with Crippen molar-refractivity contribution in [3.63, 3.8) is 0 Å². The van der Waals surface area contributed by atoms with Crippen LogP contribution in [0.4, 0.5) is 26.3 Å². The van der Waals surface area contributed by atoms with E-state index in [1.807, 2.05) is 0 Å². The molecule has 3 fully saturated rings. The highest BCUT2D eigenvalue weighted by molar-refractivity contribution is 5.65. The van der Waals surface area contributed by atoms with E-state index in [2.05, 4.69) is 6.92 Å². The molecule has 0 aromatic heterocycles. The van der Waals surface area contributed by atoms with Gasteiger partial charge in [-0.3, -0.25) is 0 Å². The number of ether oxygens (including phenoxy) is 3. The molecule has 0 spiro atoms. The molecule has 0 amide bonds. The summed E-state index contributed by atoms with van der Waals surface area (Å²) in [4.78, 5) is 0. The van der Waals surface area contributed by atoms with Crippen LogP contribution in [0.3, 0.4) is 0 Å². The predicted molar refractivity (Wildman–Crippen MR) is 152 cm³/mol. The number of hydrogen-bond donors (Lipinski definition) is 0. The van der Waals surface area contributed by atoms with Crippen LogP contribution in [0.15, 0.2) is 30.3 Å². The van der Waals surface area contributed by atoms with Crippen LogP contribution in [0.1, 0.15) is 95.5 Å². The van der Waals surface area contributed by atoms with E-state index in [-0.39, 0.29) is 29.3 Å². The third-order valence-corrected chi connectivity index (χ3v) is 9.60. The summed E-state index contributed by atoms with van der Waals surface area (Å²) in [6, 6.07) is 5.91. The smallest absolute Gasteiger partial charge is 0.352 e. The summed E-state index contributed by atoms with van der Waals surface area (Å²) >= 11 is 0. The Morgan fingerprint density at radius 3 is 2.05 bits per heavy atom.